The smallest absolute Gasteiger partial charge is 0.253 e. The molecule has 1 heterocycles. The van der Waals surface area contributed by atoms with Crippen molar-refractivity contribution in [1.82, 2.24) is 10.6 Å². The van der Waals surface area contributed by atoms with Gasteiger partial charge in [-0.25, -0.2) is 0 Å². The zero-order valence-corrected chi connectivity index (χ0v) is 8.73. The highest BCUT2D eigenvalue weighted by molar-refractivity contribution is 5.86. The molecule has 1 rings (SSSR count). The number of nitrogens with one attached hydrogen (secondary N) is 2. The van der Waals surface area contributed by atoms with Crippen molar-refractivity contribution in [3.8, 4) is 0 Å². The molecule has 0 saturated carbocycles. The third kappa shape index (κ3) is 2.19. The van der Waals surface area contributed by atoms with Crippen molar-refractivity contribution in [2.45, 2.75) is 31.9 Å². The average molecular weight is 186 g/mol. The van der Waals surface area contributed by atoms with E-state index >= 15 is 0 Å². The summed E-state index contributed by atoms with van der Waals surface area (Å²) in [6.07, 6.45) is 0. The van der Waals surface area contributed by atoms with Crippen molar-refractivity contribution in [3.05, 3.63) is 0 Å². The van der Waals surface area contributed by atoms with Crippen LogP contribution in [0.1, 0.15) is 20.8 Å². The molecule has 1 aliphatic rings. The molecule has 0 aromatic rings. The number of hydrogen-bond acceptors (Lipinski definition) is 3. The van der Waals surface area contributed by atoms with Gasteiger partial charge in [0.15, 0.2) is 5.60 Å². The summed E-state index contributed by atoms with van der Waals surface area (Å²) in [5.41, 5.74) is -0.943. The molecule has 0 spiro atoms. The lowest BCUT2D eigenvalue weighted by Crippen LogP contribution is -2.53. The fourth-order valence-electron chi connectivity index (χ4n) is 1.34. The Bertz CT molecular complexity index is 216. The van der Waals surface area contributed by atoms with Crippen LogP contribution in [0.4, 0.5) is 0 Å². The molecule has 4 heteroatoms. The standard InChI is InChI=1S/C9H18N2O2/c1-8(2)5-10-6-9(3,13-4)7(12)11-8/h10H,5-6H2,1-4H3,(H,11,12). The molecular formula is C9H18N2O2. The second kappa shape index (κ2) is 3.27. The van der Waals surface area contributed by atoms with Crippen LogP contribution >= 0.6 is 0 Å². The third-order valence-corrected chi connectivity index (χ3v) is 2.41. The van der Waals surface area contributed by atoms with Crippen molar-refractivity contribution in [1.29, 1.82) is 0 Å². The van der Waals surface area contributed by atoms with E-state index in [2.05, 4.69) is 10.6 Å². The van der Waals surface area contributed by atoms with Gasteiger partial charge in [0.2, 0.25) is 0 Å². The normalized spacial score (nSPS) is 33.7. The second-order valence-corrected chi connectivity index (χ2v) is 4.38. The maximum absolute atomic E-state index is 11.7. The summed E-state index contributed by atoms with van der Waals surface area (Å²) in [7, 11) is 1.56. The lowest BCUT2D eigenvalue weighted by atomic mass is 10.0. The quantitative estimate of drug-likeness (QED) is 0.600. The number of hydrogen-bond donors (Lipinski definition) is 2. The minimum absolute atomic E-state index is 0.0509. The van der Waals surface area contributed by atoms with Crippen LogP contribution in [0.3, 0.4) is 0 Å². The van der Waals surface area contributed by atoms with E-state index in [9.17, 15) is 4.79 Å². The molecule has 1 fully saturated rings. The Morgan fingerprint density at radius 3 is 2.46 bits per heavy atom. The van der Waals surface area contributed by atoms with Gasteiger partial charge in [-0.05, 0) is 20.8 Å². The summed E-state index contributed by atoms with van der Waals surface area (Å²) in [5, 5.41) is 6.13. The second-order valence-electron chi connectivity index (χ2n) is 4.38. The van der Waals surface area contributed by atoms with Crippen molar-refractivity contribution in [3.63, 3.8) is 0 Å². The van der Waals surface area contributed by atoms with Crippen molar-refractivity contribution >= 4 is 5.91 Å². The minimum atomic E-state index is -0.742. The molecule has 1 atom stereocenters. The van der Waals surface area contributed by atoms with Crippen molar-refractivity contribution in [2.24, 2.45) is 0 Å². The fraction of sp³-hybridized carbons (Fsp3) is 0.889. The molecule has 1 saturated heterocycles. The van der Waals surface area contributed by atoms with E-state index in [-0.39, 0.29) is 11.4 Å². The molecule has 0 radical (unpaired) electrons. The monoisotopic (exact) mass is 186 g/mol. The third-order valence-electron chi connectivity index (χ3n) is 2.41. The minimum Gasteiger partial charge on any atom is -0.367 e. The number of amides is 1. The van der Waals surface area contributed by atoms with Gasteiger partial charge in [-0.3, -0.25) is 4.79 Å². The van der Waals surface area contributed by atoms with E-state index in [1.54, 1.807) is 14.0 Å². The Hall–Kier alpha value is -0.610. The first kappa shape index (κ1) is 10.5. The highest BCUT2D eigenvalue weighted by atomic mass is 16.5. The molecule has 0 bridgehead atoms. The Morgan fingerprint density at radius 2 is 1.92 bits per heavy atom. The van der Waals surface area contributed by atoms with E-state index in [0.29, 0.717) is 6.54 Å². The SMILES string of the molecule is COC1(C)CNCC(C)(C)NC1=O. The predicted molar refractivity (Wildman–Crippen MR) is 50.5 cm³/mol. The number of rotatable bonds is 1. The Balaban J connectivity index is 2.80. The van der Waals surface area contributed by atoms with Crippen LogP contribution < -0.4 is 10.6 Å². The molecule has 0 aliphatic carbocycles. The molecule has 1 aliphatic heterocycles. The Labute approximate surface area is 79.0 Å². The van der Waals surface area contributed by atoms with Crippen LogP contribution in [0, 0.1) is 0 Å². The van der Waals surface area contributed by atoms with Crippen LogP contribution in [0.5, 0.6) is 0 Å². The molecule has 76 valence electrons. The maximum Gasteiger partial charge on any atom is 0.253 e. The first-order chi connectivity index (χ1) is 5.90. The van der Waals surface area contributed by atoms with Crippen LogP contribution in [0.2, 0.25) is 0 Å². The van der Waals surface area contributed by atoms with Gasteiger partial charge < -0.3 is 15.4 Å². The van der Waals surface area contributed by atoms with Gasteiger partial charge in [0.25, 0.3) is 5.91 Å². The Kier molecular flexibility index (Phi) is 2.63. The summed E-state index contributed by atoms with van der Waals surface area (Å²) in [5.74, 6) is -0.0509. The van der Waals surface area contributed by atoms with Gasteiger partial charge in [-0.2, -0.15) is 0 Å². The predicted octanol–water partition coefficient (Wildman–Crippen LogP) is -0.110. The lowest BCUT2D eigenvalue weighted by molar-refractivity contribution is -0.141. The molecule has 0 aromatic heterocycles. The number of carbonyl (C=O) groups excluding carboxylic acids is 1. The van der Waals surface area contributed by atoms with Gasteiger partial charge in [-0.15, -0.1) is 0 Å². The zero-order valence-electron chi connectivity index (χ0n) is 8.73. The zero-order chi connectivity index (χ0) is 10.1. The van der Waals surface area contributed by atoms with Crippen LogP contribution in [0.15, 0.2) is 0 Å². The first-order valence-electron chi connectivity index (χ1n) is 4.48. The van der Waals surface area contributed by atoms with Gasteiger partial charge in [0, 0.05) is 25.7 Å². The summed E-state index contributed by atoms with van der Waals surface area (Å²) in [4.78, 5) is 11.7. The van der Waals surface area contributed by atoms with Crippen LogP contribution in [0.25, 0.3) is 0 Å². The van der Waals surface area contributed by atoms with Gasteiger partial charge in [0.1, 0.15) is 0 Å². The molecule has 1 unspecified atom stereocenters. The molecule has 13 heavy (non-hydrogen) atoms. The average Bonchev–Trinajstić information content (AvgIpc) is 2.10. The van der Waals surface area contributed by atoms with E-state index in [4.69, 9.17) is 4.74 Å². The van der Waals surface area contributed by atoms with Gasteiger partial charge in [-0.1, -0.05) is 0 Å². The van der Waals surface area contributed by atoms with E-state index in [0.717, 1.165) is 6.54 Å². The maximum atomic E-state index is 11.7. The summed E-state index contributed by atoms with van der Waals surface area (Å²) in [6.45, 7) is 7.08. The number of ether oxygens (including phenoxy) is 1. The summed E-state index contributed by atoms with van der Waals surface area (Å²) < 4.78 is 5.19. The lowest BCUT2D eigenvalue weighted by Gasteiger charge is -2.27. The largest absolute Gasteiger partial charge is 0.367 e. The highest BCUT2D eigenvalue weighted by Crippen LogP contribution is 2.14. The van der Waals surface area contributed by atoms with E-state index in [1.165, 1.54) is 0 Å². The van der Waals surface area contributed by atoms with E-state index < -0.39 is 5.60 Å². The summed E-state index contributed by atoms with van der Waals surface area (Å²) in [6, 6.07) is 0. The number of carbonyl (C=O) groups is 1. The fourth-order valence-corrected chi connectivity index (χ4v) is 1.34. The molecule has 4 nitrogen and oxygen atoms in total. The van der Waals surface area contributed by atoms with Gasteiger partial charge in [0.05, 0.1) is 0 Å². The van der Waals surface area contributed by atoms with Gasteiger partial charge >= 0.3 is 0 Å². The topological polar surface area (TPSA) is 50.4 Å². The summed E-state index contributed by atoms with van der Waals surface area (Å²) >= 11 is 0. The highest BCUT2D eigenvalue weighted by Gasteiger charge is 2.38. The Morgan fingerprint density at radius 1 is 1.31 bits per heavy atom. The molecule has 2 N–H and O–H groups in total. The molecule has 1 amide bonds. The van der Waals surface area contributed by atoms with Crippen molar-refractivity contribution in [2.75, 3.05) is 20.2 Å². The van der Waals surface area contributed by atoms with Crippen LogP contribution in [-0.2, 0) is 9.53 Å². The molecular weight excluding hydrogens is 168 g/mol. The number of methoxy groups -OCH3 is 1. The van der Waals surface area contributed by atoms with E-state index in [1.807, 2.05) is 13.8 Å². The first-order valence-corrected chi connectivity index (χ1v) is 4.48. The molecule has 0 aromatic carbocycles. The van der Waals surface area contributed by atoms with Crippen LogP contribution in [-0.4, -0.2) is 37.2 Å². The van der Waals surface area contributed by atoms with Crippen molar-refractivity contribution < 1.29 is 9.53 Å².